The van der Waals surface area contributed by atoms with Crippen LogP contribution in [0.5, 0.6) is 0 Å². The van der Waals surface area contributed by atoms with Crippen molar-refractivity contribution in [3.63, 3.8) is 0 Å². The monoisotopic (exact) mass is 403 g/mol. The van der Waals surface area contributed by atoms with E-state index in [1.165, 1.54) is 5.54 Å². The zero-order valence-corrected chi connectivity index (χ0v) is 17.7. The number of hydrogen-bond donors (Lipinski definition) is 0. The third-order valence-electron chi connectivity index (χ3n) is 4.64. The van der Waals surface area contributed by atoms with Gasteiger partial charge in [-0.25, -0.2) is 0 Å². The van der Waals surface area contributed by atoms with Gasteiger partial charge in [0, 0.05) is 40.2 Å². The van der Waals surface area contributed by atoms with E-state index in [-0.39, 0.29) is 23.4 Å². The SMILES string of the molecule is CCCC(=NOC/C=C/Cl)C1C(=O)CC(C)(CC(C)S(=O)CC)CC1=O. The molecule has 1 aliphatic carbocycles. The molecule has 0 heterocycles. The molecule has 0 amide bonds. The number of hydrogen-bond acceptors (Lipinski definition) is 5. The second-order valence-electron chi connectivity index (χ2n) is 7.20. The Balaban J connectivity index is 2.90. The summed E-state index contributed by atoms with van der Waals surface area (Å²) in [5, 5.41) is 4.01. The highest BCUT2D eigenvalue weighted by atomic mass is 35.5. The Bertz CT molecular complexity index is 570. The molecule has 2 unspecified atom stereocenters. The fourth-order valence-corrected chi connectivity index (χ4v) is 4.80. The number of rotatable bonds is 10. The molecule has 1 aliphatic rings. The summed E-state index contributed by atoms with van der Waals surface area (Å²) >= 11 is 5.44. The normalized spacial score (nSPS) is 27.0. The maximum Gasteiger partial charge on any atom is 0.149 e. The van der Waals surface area contributed by atoms with E-state index >= 15 is 0 Å². The molecule has 0 radical (unpaired) electrons. The minimum absolute atomic E-state index is 0.0309. The zero-order valence-electron chi connectivity index (χ0n) is 16.1. The quantitative estimate of drug-likeness (QED) is 0.239. The lowest BCUT2D eigenvalue weighted by molar-refractivity contribution is -0.137. The molecule has 0 N–H and O–H groups in total. The number of carbonyl (C=O) groups is 2. The van der Waals surface area contributed by atoms with E-state index in [1.54, 1.807) is 6.08 Å². The van der Waals surface area contributed by atoms with E-state index in [4.69, 9.17) is 16.4 Å². The molecule has 0 aliphatic heterocycles. The molecule has 0 saturated heterocycles. The molecule has 1 rings (SSSR count). The third-order valence-corrected chi connectivity index (χ3v) is 6.45. The fraction of sp³-hybridized carbons (Fsp3) is 0.737. The first-order chi connectivity index (χ1) is 12.3. The van der Waals surface area contributed by atoms with E-state index in [9.17, 15) is 13.8 Å². The number of ketones is 2. The minimum atomic E-state index is -0.932. The van der Waals surface area contributed by atoms with Gasteiger partial charge in [0.2, 0.25) is 0 Å². The van der Waals surface area contributed by atoms with Crippen LogP contribution in [0.15, 0.2) is 16.8 Å². The van der Waals surface area contributed by atoms with Crippen LogP contribution in [0.3, 0.4) is 0 Å². The molecule has 2 atom stereocenters. The van der Waals surface area contributed by atoms with Crippen molar-refractivity contribution in [2.45, 2.75) is 65.0 Å². The predicted molar refractivity (Wildman–Crippen MR) is 107 cm³/mol. The van der Waals surface area contributed by atoms with Gasteiger partial charge in [0.05, 0.1) is 5.71 Å². The highest BCUT2D eigenvalue weighted by Gasteiger charge is 2.45. The molecule has 7 heteroatoms. The highest BCUT2D eigenvalue weighted by Crippen LogP contribution is 2.40. The molecule has 0 aromatic carbocycles. The van der Waals surface area contributed by atoms with Crippen molar-refractivity contribution in [2.75, 3.05) is 12.4 Å². The Morgan fingerprint density at radius 2 is 2.00 bits per heavy atom. The van der Waals surface area contributed by atoms with Crippen molar-refractivity contribution >= 4 is 39.7 Å². The molecule has 148 valence electrons. The van der Waals surface area contributed by atoms with Crippen molar-refractivity contribution < 1.29 is 18.6 Å². The minimum Gasteiger partial charge on any atom is -0.392 e. The van der Waals surface area contributed by atoms with E-state index in [0.717, 1.165) is 6.42 Å². The Hall–Kier alpha value is -1.01. The van der Waals surface area contributed by atoms with Crippen molar-refractivity contribution in [1.29, 1.82) is 0 Å². The molecule has 0 aromatic heterocycles. The van der Waals surface area contributed by atoms with Crippen LogP contribution in [0, 0.1) is 11.3 Å². The number of Topliss-reactive ketones (excluding diaryl/α,β-unsaturated/α-hetero) is 2. The van der Waals surface area contributed by atoms with Crippen LogP contribution in [0.4, 0.5) is 0 Å². The molecule has 0 aromatic rings. The molecule has 26 heavy (non-hydrogen) atoms. The second kappa shape index (κ2) is 11.0. The fourth-order valence-electron chi connectivity index (χ4n) is 3.57. The molecular formula is C19H30ClNO4S. The van der Waals surface area contributed by atoms with E-state index in [0.29, 0.717) is 37.1 Å². The third kappa shape index (κ3) is 6.62. The maximum atomic E-state index is 12.8. The van der Waals surface area contributed by atoms with Gasteiger partial charge in [-0.1, -0.05) is 50.9 Å². The molecule has 0 spiro atoms. The molecular weight excluding hydrogens is 374 g/mol. The maximum absolute atomic E-state index is 12.8. The van der Waals surface area contributed by atoms with Gasteiger partial charge in [-0.3, -0.25) is 13.8 Å². The largest absolute Gasteiger partial charge is 0.392 e. The van der Waals surface area contributed by atoms with Gasteiger partial charge in [0.15, 0.2) is 0 Å². The topological polar surface area (TPSA) is 72.8 Å². The van der Waals surface area contributed by atoms with Gasteiger partial charge < -0.3 is 4.84 Å². The Morgan fingerprint density at radius 1 is 1.38 bits per heavy atom. The van der Waals surface area contributed by atoms with Crippen LogP contribution in [0.2, 0.25) is 0 Å². The van der Waals surface area contributed by atoms with Crippen LogP contribution >= 0.6 is 11.6 Å². The molecule has 1 saturated carbocycles. The standard InChI is InChI=1S/C19H30ClNO4S/c1-5-8-15(21-25-10-7-9-20)18-16(22)12-19(4,13-17(18)23)11-14(3)26(24)6-2/h7,9,14,18H,5-6,8,10-13H2,1-4H3/b9-7+,21-15?. The number of carbonyl (C=O) groups excluding carboxylic acids is 2. The number of halogens is 1. The van der Waals surface area contributed by atoms with Gasteiger partial charge in [-0.2, -0.15) is 0 Å². The lowest BCUT2D eigenvalue weighted by Crippen LogP contribution is -2.44. The number of nitrogens with zero attached hydrogens (tertiary/aromatic N) is 1. The zero-order chi connectivity index (χ0) is 19.7. The summed E-state index contributed by atoms with van der Waals surface area (Å²) in [6.45, 7) is 7.92. The van der Waals surface area contributed by atoms with Crippen molar-refractivity contribution in [1.82, 2.24) is 0 Å². The summed E-state index contributed by atoms with van der Waals surface area (Å²) in [6.07, 6.45) is 4.12. The van der Waals surface area contributed by atoms with Crippen LogP contribution in [-0.2, 0) is 25.2 Å². The van der Waals surface area contributed by atoms with Gasteiger partial charge in [0.1, 0.15) is 24.1 Å². The Labute approximate surface area is 164 Å². The first kappa shape index (κ1) is 23.0. The van der Waals surface area contributed by atoms with Crippen molar-refractivity contribution in [2.24, 2.45) is 16.5 Å². The van der Waals surface area contributed by atoms with Gasteiger partial charge in [0.25, 0.3) is 0 Å². The summed E-state index contributed by atoms with van der Waals surface area (Å²) in [4.78, 5) is 30.7. The van der Waals surface area contributed by atoms with E-state index < -0.39 is 22.1 Å². The van der Waals surface area contributed by atoms with Crippen LogP contribution < -0.4 is 0 Å². The first-order valence-electron chi connectivity index (χ1n) is 9.14. The molecule has 1 fully saturated rings. The molecule has 5 nitrogen and oxygen atoms in total. The summed E-state index contributed by atoms with van der Waals surface area (Å²) < 4.78 is 12.0. The highest BCUT2D eigenvalue weighted by molar-refractivity contribution is 7.85. The average molecular weight is 404 g/mol. The summed E-state index contributed by atoms with van der Waals surface area (Å²) in [5.41, 5.74) is 1.39. The lowest BCUT2D eigenvalue weighted by atomic mass is 9.67. The average Bonchev–Trinajstić information content (AvgIpc) is 2.56. The smallest absolute Gasteiger partial charge is 0.149 e. The van der Waals surface area contributed by atoms with Gasteiger partial charge in [-0.15, -0.1) is 0 Å². The van der Waals surface area contributed by atoms with E-state index in [1.807, 2.05) is 27.7 Å². The summed E-state index contributed by atoms with van der Waals surface area (Å²) in [5.74, 6) is -0.442. The summed E-state index contributed by atoms with van der Waals surface area (Å²) in [6, 6.07) is 0. The van der Waals surface area contributed by atoms with Crippen molar-refractivity contribution in [3.8, 4) is 0 Å². The van der Waals surface area contributed by atoms with Crippen molar-refractivity contribution in [3.05, 3.63) is 11.6 Å². The molecule has 0 bridgehead atoms. The van der Waals surface area contributed by atoms with E-state index in [2.05, 4.69) is 5.16 Å². The van der Waals surface area contributed by atoms with Crippen LogP contribution in [0.1, 0.15) is 59.8 Å². The number of oxime groups is 1. The Kier molecular flexibility index (Phi) is 9.72. The van der Waals surface area contributed by atoms with Gasteiger partial charge >= 0.3 is 0 Å². The van der Waals surface area contributed by atoms with Crippen LogP contribution in [0.25, 0.3) is 0 Å². The van der Waals surface area contributed by atoms with Gasteiger partial charge in [-0.05, 0) is 24.3 Å². The van der Waals surface area contributed by atoms with Crippen LogP contribution in [-0.4, -0.2) is 39.1 Å². The first-order valence-corrected chi connectivity index (χ1v) is 11.0. The summed E-state index contributed by atoms with van der Waals surface area (Å²) in [7, 11) is -0.932. The Morgan fingerprint density at radius 3 is 2.50 bits per heavy atom. The predicted octanol–water partition coefficient (Wildman–Crippen LogP) is 4.01. The second-order valence-corrected chi connectivity index (χ2v) is 9.60. The lowest BCUT2D eigenvalue weighted by Gasteiger charge is -2.37.